The van der Waals surface area contributed by atoms with E-state index < -0.39 is 17.5 Å². The monoisotopic (exact) mass is 466 g/mol. The molecule has 2 aromatic carbocycles. The van der Waals surface area contributed by atoms with Gasteiger partial charge in [0.1, 0.15) is 17.1 Å². The number of aromatic nitrogens is 2. The van der Waals surface area contributed by atoms with E-state index in [0.717, 1.165) is 0 Å². The molecule has 0 saturated heterocycles. The Bertz CT molecular complexity index is 1180. The average Bonchev–Trinajstić information content (AvgIpc) is 3.17. The summed E-state index contributed by atoms with van der Waals surface area (Å²) in [7, 11) is 6.60. The molecule has 180 valence electrons. The van der Waals surface area contributed by atoms with Crippen molar-refractivity contribution < 1.29 is 23.8 Å². The van der Waals surface area contributed by atoms with Crippen LogP contribution in [0, 0.1) is 0 Å². The Morgan fingerprint density at radius 3 is 2.24 bits per heavy atom. The van der Waals surface area contributed by atoms with Gasteiger partial charge in [-0.15, -0.1) is 0 Å². The lowest BCUT2D eigenvalue weighted by Gasteiger charge is -2.21. The highest BCUT2D eigenvalue weighted by Gasteiger charge is 2.30. The summed E-state index contributed by atoms with van der Waals surface area (Å²) >= 11 is 0. The van der Waals surface area contributed by atoms with E-state index >= 15 is 0 Å². The van der Waals surface area contributed by atoms with Gasteiger partial charge in [0.2, 0.25) is 5.95 Å². The fourth-order valence-corrected chi connectivity index (χ4v) is 3.29. The van der Waals surface area contributed by atoms with Crippen LogP contribution in [-0.2, 0) is 4.74 Å². The fraction of sp³-hybridized carbons (Fsp3) is 0.320. The molecule has 0 aliphatic rings. The number of hydrogen-bond acceptors (Lipinski definition) is 7. The van der Waals surface area contributed by atoms with Crippen LogP contribution in [0.25, 0.3) is 5.69 Å². The van der Waals surface area contributed by atoms with Crippen LogP contribution >= 0.6 is 0 Å². The molecule has 1 aromatic heterocycles. The SMILES string of the molecule is COc1ccc(C(=O)Nc2nc(N(C)C)n(-c3ccccc3)c2C(=O)OC(C)(C)C)c(OC)c1. The molecule has 0 unspecified atom stereocenters. The number of rotatable bonds is 7. The molecular weight excluding hydrogens is 436 g/mol. The maximum Gasteiger partial charge on any atom is 0.359 e. The van der Waals surface area contributed by atoms with Crippen molar-refractivity contribution in [1.82, 2.24) is 9.55 Å². The van der Waals surface area contributed by atoms with Crippen molar-refractivity contribution in [2.45, 2.75) is 26.4 Å². The molecule has 0 bridgehead atoms. The van der Waals surface area contributed by atoms with E-state index in [4.69, 9.17) is 14.2 Å². The Kier molecular flexibility index (Phi) is 7.14. The summed E-state index contributed by atoms with van der Waals surface area (Å²) in [6.45, 7) is 5.34. The second-order valence-corrected chi connectivity index (χ2v) is 8.70. The van der Waals surface area contributed by atoms with Gasteiger partial charge in [0.15, 0.2) is 11.5 Å². The van der Waals surface area contributed by atoms with Crippen molar-refractivity contribution >= 4 is 23.6 Å². The normalized spacial score (nSPS) is 11.0. The lowest BCUT2D eigenvalue weighted by atomic mass is 10.1. The maximum atomic E-state index is 13.3. The van der Waals surface area contributed by atoms with Crippen LogP contribution in [0.2, 0.25) is 0 Å². The lowest BCUT2D eigenvalue weighted by molar-refractivity contribution is 0.00619. The van der Waals surface area contributed by atoms with Gasteiger partial charge in [-0.2, -0.15) is 4.98 Å². The van der Waals surface area contributed by atoms with E-state index in [9.17, 15) is 9.59 Å². The average molecular weight is 467 g/mol. The number of para-hydroxylation sites is 1. The van der Waals surface area contributed by atoms with Crippen LogP contribution in [0.4, 0.5) is 11.8 Å². The first-order valence-corrected chi connectivity index (χ1v) is 10.7. The molecule has 1 amide bonds. The summed E-state index contributed by atoms with van der Waals surface area (Å²) < 4.78 is 17.9. The molecule has 9 heteroatoms. The van der Waals surface area contributed by atoms with E-state index in [0.29, 0.717) is 23.1 Å². The van der Waals surface area contributed by atoms with Crippen LogP contribution in [-0.4, -0.2) is 55.3 Å². The Morgan fingerprint density at radius 2 is 1.68 bits per heavy atom. The Balaban J connectivity index is 2.15. The number of methoxy groups -OCH3 is 2. The lowest BCUT2D eigenvalue weighted by Crippen LogP contribution is -2.27. The number of hydrogen-bond donors (Lipinski definition) is 1. The highest BCUT2D eigenvalue weighted by Crippen LogP contribution is 2.31. The van der Waals surface area contributed by atoms with Crippen LogP contribution in [0.5, 0.6) is 11.5 Å². The Labute approximate surface area is 199 Å². The number of nitrogens with zero attached hydrogens (tertiary/aromatic N) is 3. The number of carbonyl (C=O) groups is 2. The quantitative estimate of drug-likeness (QED) is 0.523. The molecule has 3 aromatic rings. The topological polar surface area (TPSA) is 94.9 Å². The molecule has 0 atom stereocenters. The van der Waals surface area contributed by atoms with Crippen LogP contribution in [0.1, 0.15) is 41.6 Å². The van der Waals surface area contributed by atoms with Gasteiger partial charge in [-0.1, -0.05) is 18.2 Å². The van der Waals surface area contributed by atoms with Crippen molar-refractivity contribution in [3.05, 3.63) is 59.8 Å². The third kappa shape index (κ3) is 5.31. The van der Waals surface area contributed by atoms with E-state index in [1.165, 1.54) is 14.2 Å². The van der Waals surface area contributed by atoms with Gasteiger partial charge in [-0.25, -0.2) is 4.79 Å². The molecule has 1 heterocycles. The molecule has 0 aliphatic heterocycles. The number of benzene rings is 2. The summed E-state index contributed by atoms with van der Waals surface area (Å²) in [5.41, 5.74) is 0.314. The first-order valence-electron chi connectivity index (χ1n) is 10.7. The number of nitrogens with one attached hydrogen (secondary N) is 1. The zero-order valence-corrected chi connectivity index (χ0v) is 20.5. The number of amides is 1. The molecule has 9 nitrogen and oxygen atoms in total. The third-order valence-corrected chi connectivity index (χ3v) is 4.75. The summed E-state index contributed by atoms with van der Waals surface area (Å²) in [4.78, 5) is 32.9. The number of anilines is 2. The number of carbonyl (C=O) groups excluding carboxylic acids is 2. The summed E-state index contributed by atoms with van der Waals surface area (Å²) in [6, 6.07) is 14.1. The van der Waals surface area contributed by atoms with Gasteiger partial charge in [0.05, 0.1) is 19.8 Å². The van der Waals surface area contributed by atoms with Gasteiger partial charge in [-0.05, 0) is 45.0 Å². The highest BCUT2D eigenvalue weighted by atomic mass is 16.6. The van der Waals surface area contributed by atoms with Crippen molar-refractivity contribution in [3.63, 3.8) is 0 Å². The molecule has 0 spiro atoms. The van der Waals surface area contributed by atoms with E-state index in [-0.39, 0.29) is 17.1 Å². The van der Waals surface area contributed by atoms with Crippen LogP contribution in [0.15, 0.2) is 48.5 Å². The van der Waals surface area contributed by atoms with Gasteiger partial charge in [0.25, 0.3) is 5.91 Å². The molecular formula is C25H30N4O5. The molecule has 1 N–H and O–H groups in total. The van der Waals surface area contributed by atoms with E-state index in [2.05, 4.69) is 10.3 Å². The molecule has 0 fully saturated rings. The summed E-state index contributed by atoms with van der Waals surface area (Å²) in [6.07, 6.45) is 0. The Hall–Kier alpha value is -4.01. The van der Waals surface area contributed by atoms with Crippen LogP contribution in [0.3, 0.4) is 0 Å². The molecule has 0 saturated carbocycles. The van der Waals surface area contributed by atoms with Gasteiger partial charge in [0, 0.05) is 25.8 Å². The zero-order valence-electron chi connectivity index (χ0n) is 20.5. The second kappa shape index (κ2) is 9.86. The minimum Gasteiger partial charge on any atom is -0.497 e. The predicted molar refractivity (Wildman–Crippen MR) is 131 cm³/mol. The zero-order chi connectivity index (χ0) is 25.0. The van der Waals surface area contributed by atoms with Crippen molar-refractivity contribution in [2.75, 3.05) is 38.5 Å². The van der Waals surface area contributed by atoms with Gasteiger partial charge < -0.3 is 24.4 Å². The van der Waals surface area contributed by atoms with Crippen molar-refractivity contribution in [3.8, 4) is 17.2 Å². The van der Waals surface area contributed by atoms with Crippen molar-refractivity contribution in [2.24, 2.45) is 0 Å². The van der Waals surface area contributed by atoms with Gasteiger partial charge >= 0.3 is 5.97 Å². The highest BCUT2D eigenvalue weighted by molar-refractivity contribution is 6.09. The number of imidazole rings is 1. The largest absolute Gasteiger partial charge is 0.497 e. The number of ether oxygens (including phenoxy) is 3. The summed E-state index contributed by atoms with van der Waals surface area (Å²) in [5.74, 6) is 0.284. The van der Waals surface area contributed by atoms with Crippen molar-refractivity contribution in [1.29, 1.82) is 0 Å². The minimum atomic E-state index is -0.748. The number of esters is 1. The smallest absolute Gasteiger partial charge is 0.359 e. The third-order valence-electron chi connectivity index (χ3n) is 4.75. The Morgan fingerprint density at radius 1 is 1.00 bits per heavy atom. The molecule has 3 rings (SSSR count). The first-order chi connectivity index (χ1) is 16.1. The van der Waals surface area contributed by atoms with Gasteiger partial charge in [-0.3, -0.25) is 9.36 Å². The summed E-state index contributed by atoms with van der Waals surface area (Å²) in [5, 5.41) is 2.77. The first kappa shape index (κ1) is 24.6. The maximum absolute atomic E-state index is 13.3. The van der Waals surface area contributed by atoms with Crippen LogP contribution < -0.4 is 19.7 Å². The van der Waals surface area contributed by atoms with E-state index in [1.807, 2.05) is 30.3 Å². The molecule has 0 radical (unpaired) electrons. The molecule has 34 heavy (non-hydrogen) atoms. The predicted octanol–water partition coefficient (Wildman–Crippen LogP) is 4.16. The van der Waals surface area contributed by atoms with E-state index in [1.54, 1.807) is 62.5 Å². The minimum absolute atomic E-state index is 0.0738. The standard InChI is InChI=1S/C25H30N4O5/c1-25(2,3)34-23(31)20-21(26-22(30)18-14-13-17(32-6)15-19(18)33-7)27-24(28(4)5)29(20)16-11-9-8-10-12-16/h8-15H,1-7H3,(H,26,30). The fourth-order valence-electron chi connectivity index (χ4n) is 3.29. The molecule has 0 aliphatic carbocycles. The second-order valence-electron chi connectivity index (χ2n) is 8.70.